The first-order valence-electron chi connectivity index (χ1n) is 7.87. The molecular weight excluding hydrogens is 338 g/mol. The van der Waals surface area contributed by atoms with Crippen molar-refractivity contribution in [2.75, 3.05) is 13.7 Å². The van der Waals surface area contributed by atoms with Gasteiger partial charge in [-0.1, -0.05) is 18.5 Å². The van der Waals surface area contributed by atoms with Crippen LogP contribution in [0.4, 0.5) is 0 Å². The van der Waals surface area contributed by atoms with Crippen LogP contribution < -0.4 is 4.74 Å². The lowest BCUT2D eigenvalue weighted by Gasteiger charge is -2.34. The molecule has 1 N–H and O–H groups in total. The highest BCUT2D eigenvalue weighted by molar-refractivity contribution is 7.89. The summed E-state index contributed by atoms with van der Waals surface area (Å²) in [5, 5.41) is 10.1. The minimum Gasteiger partial charge on any atom is -0.495 e. The zero-order valence-electron chi connectivity index (χ0n) is 13.3. The third-order valence-corrected chi connectivity index (χ3v) is 7.76. The van der Waals surface area contributed by atoms with Gasteiger partial charge in [-0.05, 0) is 43.9 Å². The molecule has 2 heterocycles. The molecule has 0 spiro atoms. The van der Waals surface area contributed by atoms with Crippen molar-refractivity contribution in [3.8, 4) is 5.75 Å². The summed E-state index contributed by atoms with van der Waals surface area (Å²) in [4.78, 5) is 0.185. The van der Waals surface area contributed by atoms with Gasteiger partial charge in [0.2, 0.25) is 10.0 Å². The van der Waals surface area contributed by atoms with Crippen molar-refractivity contribution in [2.45, 2.75) is 49.6 Å². The number of hydrogen-bond acceptors (Lipinski definition) is 4. The monoisotopic (exact) mass is 359 g/mol. The van der Waals surface area contributed by atoms with E-state index in [0.717, 1.165) is 25.7 Å². The van der Waals surface area contributed by atoms with Gasteiger partial charge >= 0.3 is 0 Å². The van der Waals surface area contributed by atoms with E-state index in [1.807, 2.05) is 6.92 Å². The second-order valence-electron chi connectivity index (χ2n) is 6.46. The molecule has 0 saturated carbocycles. The van der Waals surface area contributed by atoms with Crippen LogP contribution in [0.15, 0.2) is 23.1 Å². The molecule has 0 aromatic heterocycles. The largest absolute Gasteiger partial charge is 0.495 e. The van der Waals surface area contributed by atoms with Crippen molar-refractivity contribution in [1.82, 2.24) is 4.31 Å². The number of sulfonamides is 1. The Morgan fingerprint density at radius 2 is 2.17 bits per heavy atom. The van der Waals surface area contributed by atoms with Gasteiger partial charge in [0.15, 0.2) is 0 Å². The fraction of sp³-hybridized carbons (Fsp3) is 0.625. The topological polar surface area (TPSA) is 66.8 Å². The van der Waals surface area contributed by atoms with Crippen LogP contribution >= 0.6 is 11.6 Å². The Hall–Kier alpha value is -0.820. The van der Waals surface area contributed by atoms with E-state index < -0.39 is 10.0 Å². The maximum Gasteiger partial charge on any atom is 0.243 e. The average molecular weight is 360 g/mol. The maximum atomic E-state index is 13.1. The molecule has 3 atom stereocenters. The van der Waals surface area contributed by atoms with Crippen LogP contribution in [0.2, 0.25) is 5.02 Å². The number of rotatable bonds is 5. The predicted octanol–water partition coefficient (Wildman–Crippen LogP) is 2.66. The number of nitrogens with zero attached hydrogens (tertiary/aromatic N) is 1. The lowest BCUT2D eigenvalue weighted by molar-refractivity contribution is 0.0849. The van der Waals surface area contributed by atoms with E-state index >= 15 is 0 Å². The van der Waals surface area contributed by atoms with Crippen LogP contribution in [-0.4, -0.2) is 43.6 Å². The van der Waals surface area contributed by atoms with Gasteiger partial charge in [0.05, 0.1) is 23.6 Å². The van der Waals surface area contributed by atoms with Crippen LogP contribution in [0.1, 0.15) is 32.6 Å². The lowest BCUT2D eigenvalue weighted by Crippen LogP contribution is -2.42. The van der Waals surface area contributed by atoms with E-state index in [1.165, 1.54) is 19.2 Å². The number of fused-ring (bicyclic) bond motifs is 2. The van der Waals surface area contributed by atoms with Gasteiger partial charge < -0.3 is 9.84 Å². The molecule has 1 aromatic rings. The minimum absolute atomic E-state index is 0.0278. The summed E-state index contributed by atoms with van der Waals surface area (Å²) in [5.41, 5.74) is -0.313. The molecule has 2 bridgehead atoms. The van der Waals surface area contributed by atoms with Gasteiger partial charge in [0, 0.05) is 17.5 Å². The summed E-state index contributed by atoms with van der Waals surface area (Å²) >= 11 is 6.09. The number of methoxy groups -OCH3 is 1. The van der Waals surface area contributed by atoms with Crippen LogP contribution in [-0.2, 0) is 10.0 Å². The Labute approximate surface area is 142 Å². The van der Waals surface area contributed by atoms with Crippen molar-refractivity contribution in [2.24, 2.45) is 5.41 Å². The molecule has 0 radical (unpaired) electrons. The predicted molar refractivity (Wildman–Crippen MR) is 88.3 cm³/mol. The normalized spacial score (nSPS) is 30.8. The molecular formula is C16H22ClNO4S. The van der Waals surface area contributed by atoms with Crippen molar-refractivity contribution >= 4 is 21.6 Å². The Kier molecular flexibility index (Phi) is 4.38. The van der Waals surface area contributed by atoms with Crippen LogP contribution in [0, 0.1) is 5.41 Å². The van der Waals surface area contributed by atoms with Gasteiger partial charge in [-0.25, -0.2) is 8.42 Å². The number of aliphatic hydroxyl groups excluding tert-OH is 1. The van der Waals surface area contributed by atoms with E-state index in [1.54, 1.807) is 10.4 Å². The second kappa shape index (κ2) is 5.92. The van der Waals surface area contributed by atoms with Crippen molar-refractivity contribution in [3.05, 3.63) is 23.2 Å². The standard InChI is InChI=1S/C16H22ClNO4S/c1-3-16(10-19)9-11-4-7-15(16)18(11)23(20,21)12-5-6-14(22-2)13(17)8-12/h5-6,8,11,15,19H,3-4,7,9-10H2,1-2H3/t11-,15+,16-/m0/s1. The quantitative estimate of drug-likeness (QED) is 0.877. The molecule has 2 fully saturated rings. The number of halogens is 1. The smallest absolute Gasteiger partial charge is 0.243 e. The van der Waals surface area contributed by atoms with Gasteiger partial charge in [-0.2, -0.15) is 4.31 Å². The first-order chi connectivity index (χ1) is 10.9. The van der Waals surface area contributed by atoms with E-state index in [2.05, 4.69) is 0 Å². The van der Waals surface area contributed by atoms with Gasteiger partial charge in [0.25, 0.3) is 0 Å². The van der Waals surface area contributed by atoms with Crippen molar-refractivity contribution in [3.63, 3.8) is 0 Å². The highest BCUT2D eigenvalue weighted by atomic mass is 35.5. The average Bonchev–Trinajstić information content (AvgIpc) is 3.11. The Balaban J connectivity index is 1.99. The number of ether oxygens (including phenoxy) is 1. The first-order valence-corrected chi connectivity index (χ1v) is 9.69. The van der Waals surface area contributed by atoms with Crippen LogP contribution in [0.5, 0.6) is 5.75 Å². The van der Waals surface area contributed by atoms with Gasteiger partial charge in [-0.3, -0.25) is 0 Å². The summed E-state index contributed by atoms with van der Waals surface area (Å²) < 4.78 is 32.9. The van der Waals surface area contributed by atoms with E-state index in [-0.39, 0.29) is 34.0 Å². The Morgan fingerprint density at radius 3 is 2.70 bits per heavy atom. The molecule has 0 amide bonds. The zero-order valence-corrected chi connectivity index (χ0v) is 14.9. The highest BCUT2D eigenvalue weighted by Crippen LogP contribution is 2.53. The van der Waals surface area contributed by atoms with Crippen LogP contribution in [0.25, 0.3) is 0 Å². The van der Waals surface area contributed by atoms with Crippen LogP contribution in [0.3, 0.4) is 0 Å². The zero-order chi connectivity index (χ0) is 16.8. The second-order valence-corrected chi connectivity index (χ2v) is 8.71. The van der Waals surface area contributed by atoms with E-state index in [4.69, 9.17) is 16.3 Å². The van der Waals surface area contributed by atoms with Crippen molar-refractivity contribution in [1.29, 1.82) is 0 Å². The van der Waals surface area contributed by atoms with Gasteiger partial charge in [0.1, 0.15) is 5.75 Å². The first kappa shape index (κ1) is 17.0. The summed E-state index contributed by atoms with van der Waals surface area (Å²) in [7, 11) is -2.14. The fourth-order valence-electron chi connectivity index (χ4n) is 4.19. The molecule has 2 saturated heterocycles. The molecule has 23 heavy (non-hydrogen) atoms. The Morgan fingerprint density at radius 1 is 1.43 bits per heavy atom. The van der Waals surface area contributed by atoms with Gasteiger partial charge in [-0.15, -0.1) is 0 Å². The molecule has 5 nitrogen and oxygen atoms in total. The summed E-state index contributed by atoms with van der Waals surface area (Å²) in [6.45, 7) is 2.05. The Bertz CT molecular complexity index is 702. The van der Waals surface area contributed by atoms with E-state index in [9.17, 15) is 13.5 Å². The molecule has 128 valence electrons. The fourth-order valence-corrected chi connectivity index (χ4v) is 6.50. The molecule has 1 aromatic carbocycles. The molecule has 3 rings (SSSR count). The third-order valence-electron chi connectivity index (χ3n) is 5.51. The minimum atomic E-state index is -3.63. The lowest BCUT2D eigenvalue weighted by atomic mass is 9.72. The number of benzene rings is 1. The molecule has 2 aliphatic heterocycles. The summed E-state index contributed by atoms with van der Waals surface area (Å²) in [6, 6.07) is 4.39. The molecule has 0 aliphatic carbocycles. The van der Waals surface area contributed by atoms with E-state index in [0.29, 0.717) is 5.75 Å². The molecule has 2 aliphatic rings. The van der Waals surface area contributed by atoms with Crippen molar-refractivity contribution < 1.29 is 18.3 Å². The number of aliphatic hydroxyl groups is 1. The highest BCUT2D eigenvalue weighted by Gasteiger charge is 2.58. The molecule has 7 heteroatoms. The SMILES string of the molecule is CC[C@@]1(CO)C[C@@H]2CC[C@H]1N2S(=O)(=O)c1ccc(OC)c(Cl)c1. The number of hydrogen-bond donors (Lipinski definition) is 1. The molecule has 0 unspecified atom stereocenters. The summed E-state index contributed by atoms with van der Waals surface area (Å²) in [5.74, 6) is 0.452. The maximum absolute atomic E-state index is 13.1. The summed E-state index contributed by atoms with van der Waals surface area (Å²) in [6.07, 6.45) is 3.17. The third kappa shape index (κ3) is 2.47.